The number of hydrogen-bond acceptors (Lipinski definition) is 1. The molecular weight excluding hydrogens is 593 g/mol. The fourth-order valence-corrected chi connectivity index (χ4v) is 7.85. The van der Waals surface area contributed by atoms with Gasteiger partial charge in [-0.25, -0.2) is 0 Å². The fourth-order valence-electron chi connectivity index (χ4n) is 7.85. The third-order valence-electron chi connectivity index (χ3n) is 10.0. The molecular formula is C47H30N2. The minimum Gasteiger partial charge on any atom is -0.309 e. The van der Waals surface area contributed by atoms with Crippen LogP contribution in [0, 0.1) is 0 Å². The molecule has 10 rings (SSSR count). The van der Waals surface area contributed by atoms with Crippen molar-refractivity contribution in [3.63, 3.8) is 0 Å². The van der Waals surface area contributed by atoms with Crippen LogP contribution in [-0.2, 0) is 0 Å². The van der Waals surface area contributed by atoms with E-state index in [0.717, 1.165) is 22.5 Å². The highest BCUT2D eigenvalue weighted by atomic mass is 15.0. The highest BCUT2D eigenvalue weighted by Crippen LogP contribution is 2.44. The highest BCUT2D eigenvalue weighted by Gasteiger charge is 2.18. The van der Waals surface area contributed by atoms with Crippen LogP contribution in [0.5, 0.6) is 0 Å². The molecule has 0 spiro atoms. The summed E-state index contributed by atoms with van der Waals surface area (Å²) in [4.78, 5) is 5.11. The highest BCUT2D eigenvalue weighted by molar-refractivity contribution is 6.22. The van der Waals surface area contributed by atoms with Gasteiger partial charge in [0.1, 0.15) is 0 Å². The molecule has 0 atom stereocenters. The number of benzene rings is 8. The second-order valence-corrected chi connectivity index (χ2v) is 12.7. The molecule has 0 unspecified atom stereocenters. The van der Waals surface area contributed by atoms with E-state index in [4.69, 9.17) is 4.98 Å². The summed E-state index contributed by atoms with van der Waals surface area (Å²) in [7, 11) is 0. The van der Waals surface area contributed by atoms with Crippen molar-refractivity contribution in [2.45, 2.75) is 0 Å². The van der Waals surface area contributed by atoms with Crippen molar-refractivity contribution in [2.75, 3.05) is 0 Å². The number of rotatable bonds is 4. The third kappa shape index (κ3) is 4.31. The molecule has 0 amide bonds. The molecule has 0 bridgehead atoms. The van der Waals surface area contributed by atoms with Gasteiger partial charge in [-0.05, 0) is 74.0 Å². The topological polar surface area (TPSA) is 17.8 Å². The van der Waals surface area contributed by atoms with E-state index in [0.29, 0.717) is 0 Å². The van der Waals surface area contributed by atoms with Gasteiger partial charge in [0.2, 0.25) is 0 Å². The number of para-hydroxylation sites is 1. The molecule has 10 aromatic rings. The molecule has 0 fully saturated rings. The zero-order valence-electron chi connectivity index (χ0n) is 26.7. The average Bonchev–Trinajstić information content (AvgIpc) is 3.52. The molecule has 228 valence electrons. The maximum absolute atomic E-state index is 5.11. The molecule has 0 N–H and O–H groups in total. The molecule has 0 aliphatic heterocycles. The SMILES string of the molecule is c1ccc(-c2c3ccccc3c(-c3ccc(-c4ccc5c(c4)c4ccc6ccccc6c4n5-c4ccccc4)nc3)c3ccccc23)cc1. The van der Waals surface area contributed by atoms with Gasteiger partial charge in [0.05, 0.1) is 16.7 Å². The molecule has 8 aromatic carbocycles. The number of nitrogens with zero attached hydrogens (tertiary/aromatic N) is 2. The molecule has 2 heteroatoms. The van der Waals surface area contributed by atoms with Crippen LogP contribution in [-0.4, -0.2) is 9.55 Å². The van der Waals surface area contributed by atoms with E-state index >= 15 is 0 Å². The molecule has 0 aliphatic rings. The lowest BCUT2D eigenvalue weighted by atomic mass is 9.86. The largest absolute Gasteiger partial charge is 0.309 e. The van der Waals surface area contributed by atoms with Crippen LogP contribution in [0.2, 0.25) is 0 Å². The Morgan fingerprint density at radius 1 is 0.367 bits per heavy atom. The smallest absolute Gasteiger partial charge is 0.0702 e. The summed E-state index contributed by atoms with van der Waals surface area (Å²) < 4.78 is 2.41. The van der Waals surface area contributed by atoms with Crippen LogP contribution in [0.15, 0.2) is 182 Å². The van der Waals surface area contributed by atoms with Gasteiger partial charge in [0, 0.05) is 39.2 Å². The zero-order chi connectivity index (χ0) is 32.3. The Bertz CT molecular complexity index is 2790. The summed E-state index contributed by atoms with van der Waals surface area (Å²) >= 11 is 0. The van der Waals surface area contributed by atoms with E-state index in [9.17, 15) is 0 Å². The lowest BCUT2D eigenvalue weighted by Crippen LogP contribution is -1.94. The molecule has 2 aromatic heterocycles. The Hall–Kier alpha value is -6.51. The van der Waals surface area contributed by atoms with E-state index in [1.165, 1.54) is 70.8 Å². The maximum Gasteiger partial charge on any atom is 0.0702 e. The third-order valence-corrected chi connectivity index (χ3v) is 10.0. The predicted octanol–water partition coefficient (Wildman–Crippen LogP) is 12.6. The minimum absolute atomic E-state index is 0.960. The predicted molar refractivity (Wildman–Crippen MR) is 207 cm³/mol. The van der Waals surface area contributed by atoms with Gasteiger partial charge < -0.3 is 4.57 Å². The quantitative estimate of drug-likeness (QED) is 0.179. The van der Waals surface area contributed by atoms with Crippen LogP contribution in [0.3, 0.4) is 0 Å². The fraction of sp³-hybridized carbons (Fsp3) is 0. The number of aromatic nitrogens is 2. The van der Waals surface area contributed by atoms with E-state index in [1.54, 1.807) is 0 Å². The maximum atomic E-state index is 5.11. The van der Waals surface area contributed by atoms with Crippen molar-refractivity contribution in [2.24, 2.45) is 0 Å². The summed E-state index contributed by atoms with van der Waals surface area (Å²) in [6.45, 7) is 0. The van der Waals surface area contributed by atoms with E-state index in [1.807, 2.05) is 0 Å². The van der Waals surface area contributed by atoms with Crippen LogP contribution >= 0.6 is 0 Å². The summed E-state index contributed by atoms with van der Waals surface area (Å²) in [5.74, 6) is 0. The van der Waals surface area contributed by atoms with E-state index < -0.39 is 0 Å². The van der Waals surface area contributed by atoms with Gasteiger partial charge in [0.25, 0.3) is 0 Å². The monoisotopic (exact) mass is 622 g/mol. The average molecular weight is 623 g/mol. The molecule has 0 saturated carbocycles. The van der Waals surface area contributed by atoms with Crippen molar-refractivity contribution in [1.29, 1.82) is 0 Å². The van der Waals surface area contributed by atoms with Crippen LogP contribution in [0.25, 0.3) is 93.3 Å². The van der Waals surface area contributed by atoms with Crippen molar-refractivity contribution in [3.05, 3.63) is 182 Å². The van der Waals surface area contributed by atoms with Gasteiger partial charge in [-0.2, -0.15) is 0 Å². The molecule has 2 heterocycles. The normalized spacial score (nSPS) is 11.7. The summed E-state index contributed by atoms with van der Waals surface area (Å²) in [5.41, 5.74) is 10.5. The summed E-state index contributed by atoms with van der Waals surface area (Å²) in [6, 6.07) is 63.4. The van der Waals surface area contributed by atoms with E-state index in [-0.39, 0.29) is 0 Å². The Morgan fingerprint density at radius 3 is 1.59 bits per heavy atom. The molecule has 0 radical (unpaired) electrons. The first-order valence-electron chi connectivity index (χ1n) is 16.8. The zero-order valence-corrected chi connectivity index (χ0v) is 26.7. The Kier molecular flexibility index (Phi) is 6.22. The number of fused-ring (bicyclic) bond motifs is 7. The van der Waals surface area contributed by atoms with Gasteiger partial charge in [0.15, 0.2) is 0 Å². The van der Waals surface area contributed by atoms with Crippen molar-refractivity contribution in [3.8, 4) is 39.2 Å². The summed E-state index contributed by atoms with van der Waals surface area (Å²) in [5, 5.41) is 9.92. The molecule has 0 saturated heterocycles. The number of pyridine rings is 1. The standard InChI is InChI=1S/C47H30N2/c1-3-14-32(15-4-1)45-37-19-9-11-21-39(37)46(40-22-12-10-20-38(40)45)34-24-27-43(48-30-34)33-25-28-44-42(29-33)41-26-23-31-13-7-8-18-36(31)47(41)49(44)35-16-5-2-6-17-35/h1-30H. The summed E-state index contributed by atoms with van der Waals surface area (Å²) in [6.07, 6.45) is 2.05. The second-order valence-electron chi connectivity index (χ2n) is 12.7. The van der Waals surface area contributed by atoms with Crippen LogP contribution in [0.4, 0.5) is 0 Å². The number of hydrogen-bond donors (Lipinski definition) is 0. The Morgan fingerprint density at radius 2 is 0.939 bits per heavy atom. The first-order chi connectivity index (χ1) is 24.3. The van der Waals surface area contributed by atoms with Gasteiger partial charge in [-0.3, -0.25) is 4.98 Å². The van der Waals surface area contributed by atoms with Crippen LogP contribution < -0.4 is 0 Å². The second kappa shape index (κ2) is 11.0. The molecule has 0 aliphatic carbocycles. The van der Waals surface area contributed by atoms with Crippen molar-refractivity contribution < 1.29 is 0 Å². The van der Waals surface area contributed by atoms with Crippen LogP contribution in [0.1, 0.15) is 0 Å². The van der Waals surface area contributed by atoms with Crippen molar-refractivity contribution in [1.82, 2.24) is 9.55 Å². The Labute approximate surface area is 284 Å². The van der Waals surface area contributed by atoms with Gasteiger partial charge in [-0.1, -0.05) is 146 Å². The Balaban J connectivity index is 1.15. The molecule has 2 nitrogen and oxygen atoms in total. The lowest BCUT2D eigenvalue weighted by Gasteiger charge is -2.17. The first-order valence-corrected chi connectivity index (χ1v) is 16.8. The lowest BCUT2D eigenvalue weighted by molar-refractivity contribution is 1.19. The van der Waals surface area contributed by atoms with Crippen molar-refractivity contribution >= 4 is 54.1 Å². The molecule has 49 heavy (non-hydrogen) atoms. The van der Waals surface area contributed by atoms with E-state index in [2.05, 4.69) is 187 Å². The van der Waals surface area contributed by atoms with Gasteiger partial charge >= 0.3 is 0 Å². The van der Waals surface area contributed by atoms with Gasteiger partial charge in [-0.15, -0.1) is 0 Å². The first kappa shape index (κ1) is 27.6. The minimum atomic E-state index is 0.960.